The Bertz CT molecular complexity index is 199. The fourth-order valence-electron chi connectivity index (χ4n) is 2.02. The predicted octanol–water partition coefficient (Wildman–Crippen LogP) is -0.251. The van der Waals surface area contributed by atoms with Crippen molar-refractivity contribution in [1.29, 1.82) is 0 Å². The second-order valence-corrected chi connectivity index (χ2v) is 4.14. The first kappa shape index (κ1) is 12.3. The van der Waals surface area contributed by atoms with E-state index in [1.54, 1.807) is 0 Å². The fourth-order valence-corrected chi connectivity index (χ4v) is 2.02. The number of likely N-dealkylation sites (tertiary alicyclic amines) is 1. The molecule has 0 bridgehead atoms. The SMILES string of the molecule is NC(=O)NCCCN1CCCC(CO)C1. The van der Waals surface area contributed by atoms with Crippen LogP contribution in [-0.4, -0.2) is 48.8 Å². The summed E-state index contributed by atoms with van der Waals surface area (Å²) in [6.45, 7) is 3.97. The molecule has 1 saturated heterocycles. The number of piperidine rings is 1. The van der Waals surface area contributed by atoms with E-state index in [-0.39, 0.29) is 6.61 Å². The third-order valence-electron chi connectivity index (χ3n) is 2.81. The van der Waals surface area contributed by atoms with Crippen molar-refractivity contribution in [3.63, 3.8) is 0 Å². The molecule has 1 aliphatic rings. The summed E-state index contributed by atoms with van der Waals surface area (Å²) in [5, 5.41) is 11.6. The normalized spacial score (nSPS) is 22.6. The average Bonchev–Trinajstić information content (AvgIpc) is 2.24. The van der Waals surface area contributed by atoms with Crippen molar-refractivity contribution >= 4 is 6.03 Å². The third kappa shape index (κ3) is 4.99. The Kier molecular flexibility index (Phi) is 5.42. The lowest BCUT2D eigenvalue weighted by atomic mass is 9.99. The maximum atomic E-state index is 10.4. The summed E-state index contributed by atoms with van der Waals surface area (Å²) < 4.78 is 0. The number of primary amides is 1. The highest BCUT2D eigenvalue weighted by molar-refractivity contribution is 5.71. The van der Waals surface area contributed by atoms with Gasteiger partial charge < -0.3 is 21.1 Å². The molecule has 2 amide bonds. The number of hydrogen-bond donors (Lipinski definition) is 3. The summed E-state index contributed by atoms with van der Waals surface area (Å²) in [5.41, 5.74) is 4.96. The summed E-state index contributed by atoms with van der Waals surface area (Å²) in [6, 6.07) is -0.457. The Hall–Kier alpha value is -0.810. The van der Waals surface area contributed by atoms with Gasteiger partial charge in [-0.1, -0.05) is 0 Å². The predicted molar refractivity (Wildman–Crippen MR) is 58.5 cm³/mol. The molecule has 1 aliphatic heterocycles. The summed E-state index contributed by atoms with van der Waals surface area (Å²) >= 11 is 0. The van der Waals surface area contributed by atoms with Crippen molar-refractivity contribution in [2.45, 2.75) is 19.3 Å². The van der Waals surface area contributed by atoms with Crippen molar-refractivity contribution in [1.82, 2.24) is 10.2 Å². The number of nitrogens with two attached hydrogens (primary N) is 1. The number of urea groups is 1. The molecular formula is C10H21N3O2. The van der Waals surface area contributed by atoms with Gasteiger partial charge in [-0.3, -0.25) is 0 Å². The van der Waals surface area contributed by atoms with Crippen LogP contribution in [0.25, 0.3) is 0 Å². The smallest absolute Gasteiger partial charge is 0.312 e. The van der Waals surface area contributed by atoms with Crippen LogP contribution in [0.15, 0.2) is 0 Å². The highest BCUT2D eigenvalue weighted by atomic mass is 16.3. The van der Waals surface area contributed by atoms with Gasteiger partial charge in [0, 0.05) is 19.7 Å². The van der Waals surface area contributed by atoms with E-state index in [2.05, 4.69) is 10.2 Å². The number of hydrogen-bond acceptors (Lipinski definition) is 3. The van der Waals surface area contributed by atoms with Crippen molar-refractivity contribution in [2.75, 3.05) is 32.8 Å². The van der Waals surface area contributed by atoms with Gasteiger partial charge >= 0.3 is 6.03 Å². The molecule has 0 spiro atoms. The highest BCUT2D eigenvalue weighted by Crippen LogP contribution is 2.15. The first-order valence-electron chi connectivity index (χ1n) is 5.59. The lowest BCUT2D eigenvalue weighted by Crippen LogP contribution is -2.39. The lowest BCUT2D eigenvalue weighted by Gasteiger charge is -2.31. The number of amides is 2. The summed E-state index contributed by atoms with van der Waals surface area (Å²) in [4.78, 5) is 12.8. The number of rotatable bonds is 5. The van der Waals surface area contributed by atoms with Crippen LogP contribution in [0.5, 0.6) is 0 Å². The molecule has 5 heteroatoms. The Balaban J connectivity index is 2.07. The molecule has 1 atom stereocenters. The van der Waals surface area contributed by atoms with E-state index < -0.39 is 6.03 Å². The monoisotopic (exact) mass is 215 g/mol. The van der Waals surface area contributed by atoms with Crippen LogP contribution < -0.4 is 11.1 Å². The molecule has 4 N–H and O–H groups in total. The van der Waals surface area contributed by atoms with Crippen molar-refractivity contribution < 1.29 is 9.90 Å². The zero-order valence-corrected chi connectivity index (χ0v) is 9.11. The van der Waals surface area contributed by atoms with Crippen LogP contribution in [0.4, 0.5) is 4.79 Å². The minimum atomic E-state index is -0.457. The number of aliphatic hydroxyl groups is 1. The van der Waals surface area contributed by atoms with Gasteiger partial charge in [-0.2, -0.15) is 0 Å². The van der Waals surface area contributed by atoms with Crippen LogP contribution in [0.2, 0.25) is 0 Å². The molecule has 0 aliphatic carbocycles. The van der Waals surface area contributed by atoms with E-state index in [0.717, 1.165) is 38.9 Å². The first-order chi connectivity index (χ1) is 7.22. The Morgan fingerprint density at radius 3 is 3.07 bits per heavy atom. The van der Waals surface area contributed by atoms with Gasteiger partial charge in [0.05, 0.1) is 0 Å². The standard InChI is InChI=1S/C10H21N3O2/c11-10(15)12-4-2-6-13-5-1-3-9(7-13)8-14/h9,14H,1-8H2,(H3,11,12,15). The molecule has 0 aromatic rings. The van der Waals surface area contributed by atoms with Crippen molar-refractivity contribution in [2.24, 2.45) is 11.7 Å². The maximum Gasteiger partial charge on any atom is 0.312 e. The molecule has 0 saturated carbocycles. The quantitative estimate of drug-likeness (QED) is 0.553. The van der Waals surface area contributed by atoms with E-state index >= 15 is 0 Å². The highest BCUT2D eigenvalue weighted by Gasteiger charge is 2.18. The maximum absolute atomic E-state index is 10.4. The number of nitrogens with one attached hydrogen (secondary N) is 1. The fraction of sp³-hybridized carbons (Fsp3) is 0.900. The molecule has 1 unspecified atom stereocenters. The molecule has 1 rings (SSSR count). The topological polar surface area (TPSA) is 78.6 Å². The molecule has 0 radical (unpaired) electrons. The second kappa shape index (κ2) is 6.63. The minimum Gasteiger partial charge on any atom is -0.396 e. The number of carbonyl (C=O) groups is 1. The molecular weight excluding hydrogens is 194 g/mol. The molecule has 15 heavy (non-hydrogen) atoms. The van der Waals surface area contributed by atoms with E-state index in [9.17, 15) is 4.79 Å². The molecule has 5 nitrogen and oxygen atoms in total. The van der Waals surface area contributed by atoms with E-state index in [1.165, 1.54) is 0 Å². The lowest BCUT2D eigenvalue weighted by molar-refractivity contribution is 0.120. The van der Waals surface area contributed by atoms with Gasteiger partial charge in [-0.05, 0) is 38.3 Å². The van der Waals surface area contributed by atoms with Gasteiger partial charge in [0.1, 0.15) is 0 Å². The average molecular weight is 215 g/mol. The largest absolute Gasteiger partial charge is 0.396 e. The van der Waals surface area contributed by atoms with Gasteiger partial charge in [0.2, 0.25) is 0 Å². The van der Waals surface area contributed by atoms with Crippen LogP contribution in [0, 0.1) is 5.92 Å². The van der Waals surface area contributed by atoms with E-state index in [1.807, 2.05) is 0 Å². The number of nitrogens with zero attached hydrogens (tertiary/aromatic N) is 1. The summed E-state index contributed by atoms with van der Waals surface area (Å²) in [5.74, 6) is 0.433. The molecule has 1 heterocycles. The molecule has 0 aromatic heterocycles. The number of carbonyl (C=O) groups excluding carboxylic acids is 1. The van der Waals surface area contributed by atoms with E-state index in [4.69, 9.17) is 10.8 Å². The van der Waals surface area contributed by atoms with Crippen LogP contribution in [0.1, 0.15) is 19.3 Å². The minimum absolute atomic E-state index is 0.288. The summed E-state index contributed by atoms with van der Waals surface area (Å²) in [7, 11) is 0. The van der Waals surface area contributed by atoms with Gasteiger partial charge in [0.15, 0.2) is 0 Å². The Labute approximate surface area is 90.6 Å². The van der Waals surface area contributed by atoms with Gasteiger partial charge in [0.25, 0.3) is 0 Å². The second-order valence-electron chi connectivity index (χ2n) is 4.14. The van der Waals surface area contributed by atoms with Crippen molar-refractivity contribution in [3.05, 3.63) is 0 Å². The zero-order valence-electron chi connectivity index (χ0n) is 9.11. The van der Waals surface area contributed by atoms with Crippen LogP contribution in [-0.2, 0) is 0 Å². The van der Waals surface area contributed by atoms with Crippen molar-refractivity contribution in [3.8, 4) is 0 Å². The van der Waals surface area contributed by atoms with Gasteiger partial charge in [-0.25, -0.2) is 4.79 Å². The molecule has 0 aromatic carbocycles. The summed E-state index contributed by atoms with van der Waals surface area (Å²) in [6.07, 6.45) is 3.21. The van der Waals surface area contributed by atoms with Crippen LogP contribution >= 0.6 is 0 Å². The Morgan fingerprint density at radius 1 is 1.60 bits per heavy atom. The van der Waals surface area contributed by atoms with Gasteiger partial charge in [-0.15, -0.1) is 0 Å². The Morgan fingerprint density at radius 2 is 2.40 bits per heavy atom. The molecule has 88 valence electrons. The third-order valence-corrected chi connectivity index (χ3v) is 2.81. The van der Waals surface area contributed by atoms with E-state index in [0.29, 0.717) is 12.5 Å². The first-order valence-corrected chi connectivity index (χ1v) is 5.59. The molecule has 1 fully saturated rings. The zero-order chi connectivity index (χ0) is 11.1. The number of aliphatic hydroxyl groups excluding tert-OH is 1. The van der Waals surface area contributed by atoms with Crippen LogP contribution in [0.3, 0.4) is 0 Å².